The minimum Gasteiger partial charge on any atom is -0.368 e. The molecule has 7 nitrogen and oxygen atoms in total. The maximum absolute atomic E-state index is 13.2. The number of aromatic nitrogens is 2. The minimum absolute atomic E-state index is 0.0311. The molecular formula is C13H7ClF3N3O4. The Morgan fingerprint density at radius 2 is 1.71 bits per heavy atom. The van der Waals surface area contributed by atoms with Crippen molar-refractivity contribution >= 4 is 23.3 Å². The number of benzene rings is 1. The highest BCUT2D eigenvalue weighted by Crippen LogP contribution is 2.44. The number of hydrogen-bond acceptors (Lipinski definition) is 4. The number of rotatable bonds is 1. The number of aliphatic hydroxyl groups is 1. The summed E-state index contributed by atoms with van der Waals surface area (Å²) < 4.78 is 40.2. The number of aromatic amines is 1. The monoisotopic (exact) mass is 361 g/mol. The van der Waals surface area contributed by atoms with Crippen LogP contribution < -0.4 is 16.6 Å². The molecule has 0 fully saturated rings. The van der Waals surface area contributed by atoms with Crippen molar-refractivity contribution in [1.29, 1.82) is 0 Å². The molecule has 1 amide bonds. The lowest BCUT2D eigenvalue weighted by Gasteiger charge is -2.22. The third kappa shape index (κ3) is 2.07. The van der Waals surface area contributed by atoms with Crippen LogP contribution in [0.15, 0.2) is 33.9 Å². The van der Waals surface area contributed by atoms with Gasteiger partial charge in [0.15, 0.2) is 0 Å². The van der Waals surface area contributed by atoms with Gasteiger partial charge in [-0.25, -0.2) is 9.36 Å². The minimum atomic E-state index is -5.46. The molecule has 0 spiro atoms. The molecule has 3 N–H and O–H groups in total. The molecule has 2 heterocycles. The normalized spacial score (nSPS) is 20.0. The number of nitrogens with zero attached hydrogens (tertiary/aromatic N) is 1. The molecule has 0 saturated carbocycles. The van der Waals surface area contributed by atoms with E-state index in [2.05, 4.69) is 0 Å². The largest absolute Gasteiger partial charge is 0.431 e. The highest BCUT2D eigenvalue weighted by atomic mass is 35.5. The summed E-state index contributed by atoms with van der Waals surface area (Å²) in [6, 6.07) is 5.29. The molecular weight excluding hydrogens is 355 g/mol. The first kappa shape index (κ1) is 16.3. The van der Waals surface area contributed by atoms with E-state index < -0.39 is 40.3 Å². The van der Waals surface area contributed by atoms with E-state index in [1.807, 2.05) is 0 Å². The molecule has 0 aliphatic carbocycles. The fraction of sp³-hybridized carbons (Fsp3) is 0.154. The Hall–Kier alpha value is -2.59. The third-order valence-corrected chi connectivity index (χ3v) is 3.78. The molecule has 1 aliphatic heterocycles. The smallest absolute Gasteiger partial charge is 0.368 e. The van der Waals surface area contributed by atoms with E-state index in [1.54, 1.807) is 10.3 Å². The van der Waals surface area contributed by atoms with Gasteiger partial charge >= 0.3 is 11.9 Å². The molecule has 1 aromatic heterocycles. The van der Waals surface area contributed by atoms with Crippen molar-refractivity contribution in [3.63, 3.8) is 0 Å². The Kier molecular flexibility index (Phi) is 3.36. The molecule has 0 saturated heterocycles. The zero-order chi connectivity index (χ0) is 17.9. The summed E-state index contributed by atoms with van der Waals surface area (Å²) in [6.45, 7) is 0. The van der Waals surface area contributed by atoms with E-state index >= 15 is 0 Å². The molecule has 1 atom stereocenters. The van der Waals surface area contributed by atoms with Crippen molar-refractivity contribution in [2.45, 2.75) is 11.8 Å². The Labute approximate surface area is 135 Å². The Morgan fingerprint density at radius 3 is 2.25 bits per heavy atom. The second-order valence-electron chi connectivity index (χ2n) is 4.96. The quantitative estimate of drug-likeness (QED) is 0.701. The summed E-state index contributed by atoms with van der Waals surface area (Å²) >= 11 is 5.71. The molecule has 1 aliphatic rings. The standard InChI is InChI=1S/C13H7ClF3N3O4/c14-5-1-3-6(4-2-5)20-8-7(9(21)19-11(20)23)12(24,10(22)18-8)13(15,16)17/h1-4,24H,(H,18,22)(H,19,21,23). The van der Waals surface area contributed by atoms with E-state index in [-0.39, 0.29) is 5.69 Å². The summed E-state index contributed by atoms with van der Waals surface area (Å²) in [4.78, 5) is 37.2. The van der Waals surface area contributed by atoms with Crippen LogP contribution in [0.3, 0.4) is 0 Å². The number of alkyl halides is 3. The average Bonchev–Trinajstić information content (AvgIpc) is 2.74. The maximum Gasteiger partial charge on any atom is 0.431 e. The lowest BCUT2D eigenvalue weighted by Crippen LogP contribution is -2.50. The van der Waals surface area contributed by atoms with Gasteiger partial charge in [-0.05, 0) is 24.3 Å². The number of anilines is 1. The van der Waals surface area contributed by atoms with Crippen LogP contribution in [0, 0.1) is 0 Å². The van der Waals surface area contributed by atoms with Crippen LogP contribution in [-0.4, -0.2) is 26.7 Å². The van der Waals surface area contributed by atoms with Crippen LogP contribution >= 0.6 is 11.6 Å². The van der Waals surface area contributed by atoms with Gasteiger partial charge in [-0.2, -0.15) is 13.2 Å². The molecule has 0 bridgehead atoms. The van der Waals surface area contributed by atoms with Gasteiger partial charge in [0.05, 0.1) is 5.69 Å². The zero-order valence-electron chi connectivity index (χ0n) is 11.4. The van der Waals surface area contributed by atoms with Gasteiger partial charge in [-0.1, -0.05) is 11.6 Å². The van der Waals surface area contributed by atoms with Crippen LogP contribution in [0.2, 0.25) is 5.02 Å². The van der Waals surface area contributed by atoms with Crippen LogP contribution in [0.25, 0.3) is 5.69 Å². The summed E-state index contributed by atoms with van der Waals surface area (Å²) in [5.74, 6) is -2.63. The highest BCUT2D eigenvalue weighted by molar-refractivity contribution is 6.30. The number of hydrogen-bond donors (Lipinski definition) is 3. The van der Waals surface area contributed by atoms with Crippen molar-refractivity contribution < 1.29 is 23.1 Å². The van der Waals surface area contributed by atoms with Crippen molar-refractivity contribution in [3.05, 3.63) is 55.7 Å². The second-order valence-corrected chi connectivity index (χ2v) is 5.39. The van der Waals surface area contributed by atoms with Crippen molar-refractivity contribution in [2.75, 3.05) is 5.32 Å². The van der Waals surface area contributed by atoms with E-state index in [1.165, 1.54) is 24.3 Å². The topological polar surface area (TPSA) is 104 Å². The number of fused-ring (bicyclic) bond motifs is 1. The molecule has 126 valence electrons. The highest BCUT2D eigenvalue weighted by Gasteiger charge is 2.66. The predicted molar refractivity (Wildman–Crippen MR) is 76.3 cm³/mol. The first-order valence-corrected chi connectivity index (χ1v) is 6.71. The fourth-order valence-electron chi connectivity index (χ4n) is 2.41. The van der Waals surface area contributed by atoms with Gasteiger partial charge in [0.1, 0.15) is 11.4 Å². The lowest BCUT2D eigenvalue weighted by molar-refractivity contribution is -0.252. The molecule has 2 aromatic rings. The molecule has 0 radical (unpaired) electrons. The Morgan fingerprint density at radius 1 is 1.12 bits per heavy atom. The number of nitrogens with one attached hydrogen (secondary N) is 2. The Balaban J connectivity index is 2.39. The molecule has 3 rings (SSSR count). The SMILES string of the molecule is O=C1Nc2c(c(=O)[nH]c(=O)n2-c2ccc(Cl)cc2)C1(O)C(F)(F)F. The molecule has 1 aromatic carbocycles. The zero-order valence-corrected chi connectivity index (χ0v) is 12.2. The van der Waals surface area contributed by atoms with Crippen molar-refractivity contribution in [3.8, 4) is 5.69 Å². The lowest BCUT2D eigenvalue weighted by atomic mass is 9.97. The van der Waals surface area contributed by atoms with Crippen molar-refractivity contribution in [1.82, 2.24) is 9.55 Å². The number of carbonyl (C=O) groups excluding carboxylic acids is 1. The van der Waals surface area contributed by atoms with Crippen molar-refractivity contribution in [2.24, 2.45) is 0 Å². The Bertz CT molecular complexity index is 964. The van der Waals surface area contributed by atoms with Gasteiger partial charge < -0.3 is 10.4 Å². The first-order valence-electron chi connectivity index (χ1n) is 6.33. The maximum atomic E-state index is 13.2. The second kappa shape index (κ2) is 4.95. The van der Waals surface area contributed by atoms with Crippen LogP contribution in [0.4, 0.5) is 19.0 Å². The van der Waals surface area contributed by atoms with E-state index in [4.69, 9.17) is 11.6 Å². The first-order chi connectivity index (χ1) is 11.1. The van der Waals surface area contributed by atoms with Gasteiger partial charge in [0, 0.05) is 5.02 Å². The van der Waals surface area contributed by atoms with E-state index in [9.17, 15) is 32.7 Å². The fourth-order valence-corrected chi connectivity index (χ4v) is 2.53. The van der Waals surface area contributed by atoms with Crippen LogP contribution in [0.1, 0.15) is 5.56 Å². The number of H-pyrrole nitrogens is 1. The summed E-state index contributed by atoms with van der Waals surface area (Å²) in [5, 5.41) is 11.9. The molecule has 24 heavy (non-hydrogen) atoms. The summed E-state index contributed by atoms with van der Waals surface area (Å²) in [7, 11) is 0. The number of amides is 1. The van der Waals surface area contributed by atoms with Crippen LogP contribution in [-0.2, 0) is 10.4 Å². The summed E-state index contributed by atoms with van der Waals surface area (Å²) in [5.41, 5.74) is -7.93. The average molecular weight is 362 g/mol. The van der Waals surface area contributed by atoms with E-state index in [0.717, 1.165) is 0 Å². The molecule has 11 heteroatoms. The van der Waals surface area contributed by atoms with Gasteiger partial charge in [0.2, 0.25) is 0 Å². The third-order valence-electron chi connectivity index (χ3n) is 3.53. The predicted octanol–water partition coefficient (Wildman–Crippen LogP) is 0.881. The van der Waals surface area contributed by atoms with E-state index in [0.29, 0.717) is 9.59 Å². The van der Waals surface area contributed by atoms with Crippen LogP contribution in [0.5, 0.6) is 0 Å². The summed E-state index contributed by atoms with van der Waals surface area (Å²) in [6.07, 6.45) is -5.46. The number of carbonyl (C=O) groups is 1. The molecule has 1 unspecified atom stereocenters. The van der Waals surface area contributed by atoms with Gasteiger partial charge in [0.25, 0.3) is 17.1 Å². The van der Waals surface area contributed by atoms with Gasteiger partial charge in [-0.15, -0.1) is 0 Å². The number of halogens is 4. The van der Waals surface area contributed by atoms with Gasteiger partial charge in [-0.3, -0.25) is 14.6 Å².